The average molecular weight is 339 g/mol. The van der Waals surface area contributed by atoms with Crippen molar-refractivity contribution < 1.29 is 17.9 Å². The fourth-order valence-corrected chi connectivity index (χ4v) is 2.16. The highest BCUT2D eigenvalue weighted by Gasteiger charge is 2.17. The summed E-state index contributed by atoms with van der Waals surface area (Å²) in [6.45, 7) is 0. The van der Waals surface area contributed by atoms with Crippen LogP contribution in [0.5, 0.6) is 5.75 Å². The number of hydrogen-bond donors (Lipinski definition) is 1. The Labute approximate surface area is 116 Å². The molecule has 1 aromatic carbocycles. The van der Waals surface area contributed by atoms with Crippen molar-refractivity contribution >= 4 is 60.8 Å². The van der Waals surface area contributed by atoms with Gasteiger partial charge >= 0.3 is 15.3 Å². The minimum atomic E-state index is -4.24. The normalized spacial score (nSPS) is 11.1. The molecule has 0 aliphatic carbocycles. The van der Waals surface area contributed by atoms with Crippen LogP contribution in [-0.2, 0) is 9.24 Å². The van der Waals surface area contributed by atoms with Gasteiger partial charge in [-0.25, -0.2) is 9.52 Å². The van der Waals surface area contributed by atoms with Crippen LogP contribution in [0.2, 0.25) is 15.1 Å². The van der Waals surface area contributed by atoms with E-state index < -0.39 is 15.3 Å². The van der Waals surface area contributed by atoms with Gasteiger partial charge in [-0.2, -0.15) is 8.42 Å². The van der Waals surface area contributed by atoms with Crippen molar-refractivity contribution in [3.8, 4) is 5.75 Å². The van der Waals surface area contributed by atoms with Gasteiger partial charge in [-0.1, -0.05) is 34.8 Å². The van der Waals surface area contributed by atoms with E-state index in [1.54, 1.807) is 0 Å². The van der Waals surface area contributed by atoms with Crippen LogP contribution >= 0.6 is 45.5 Å². The second kappa shape index (κ2) is 5.49. The van der Waals surface area contributed by atoms with E-state index in [4.69, 9.17) is 45.5 Å². The molecule has 0 unspecified atom stereocenters. The summed E-state index contributed by atoms with van der Waals surface area (Å²) in [5.74, 6) is -0.226. The molecule has 0 fully saturated rings. The van der Waals surface area contributed by atoms with E-state index in [1.165, 1.54) is 16.9 Å². The monoisotopic (exact) mass is 337 g/mol. The van der Waals surface area contributed by atoms with E-state index in [2.05, 4.69) is 4.74 Å². The van der Waals surface area contributed by atoms with Gasteiger partial charge in [0.05, 0.1) is 10.0 Å². The minimum Gasteiger partial charge on any atom is -0.406 e. The van der Waals surface area contributed by atoms with Crippen LogP contribution < -0.4 is 9.46 Å². The van der Waals surface area contributed by atoms with Crippen molar-refractivity contribution in [2.45, 2.75) is 0 Å². The van der Waals surface area contributed by atoms with Crippen LogP contribution in [0.25, 0.3) is 0 Å². The van der Waals surface area contributed by atoms with Crippen LogP contribution in [0, 0.1) is 0 Å². The smallest absolute Gasteiger partial charge is 0.406 e. The fourth-order valence-electron chi connectivity index (χ4n) is 0.840. The van der Waals surface area contributed by atoms with Crippen LogP contribution in [0.4, 0.5) is 4.79 Å². The maximum Gasteiger partial charge on any atom is 0.427 e. The van der Waals surface area contributed by atoms with Gasteiger partial charge in [-0.05, 0) is 12.1 Å². The molecule has 0 heterocycles. The zero-order valence-corrected chi connectivity index (χ0v) is 11.5. The molecule has 0 aliphatic rings. The largest absolute Gasteiger partial charge is 0.427 e. The Balaban J connectivity index is 2.93. The summed E-state index contributed by atoms with van der Waals surface area (Å²) >= 11 is 17.0. The molecule has 17 heavy (non-hydrogen) atoms. The molecule has 5 nitrogen and oxygen atoms in total. The van der Waals surface area contributed by atoms with Gasteiger partial charge in [0.15, 0.2) is 5.75 Å². The molecular formula is C7H3Cl4NO4S. The van der Waals surface area contributed by atoms with E-state index in [1.807, 2.05) is 0 Å². The maximum absolute atomic E-state index is 11.1. The first kappa shape index (κ1) is 14.7. The average Bonchev–Trinajstić information content (AvgIpc) is 2.08. The van der Waals surface area contributed by atoms with Crippen molar-refractivity contribution in [1.29, 1.82) is 0 Å². The highest BCUT2D eigenvalue weighted by molar-refractivity contribution is 8.12. The predicted molar refractivity (Wildman–Crippen MR) is 65.4 cm³/mol. The molecule has 0 aromatic heterocycles. The van der Waals surface area contributed by atoms with Crippen LogP contribution in [0.1, 0.15) is 0 Å². The molecule has 0 saturated carbocycles. The van der Waals surface area contributed by atoms with Crippen molar-refractivity contribution in [1.82, 2.24) is 4.72 Å². The van der Waals surface area contributed by atoms with E-state index in [9.17, 15) is 13.2 Å². The summed E-state index contributed by atoms with van der Waals surface area (Å²) in [6.07, 6.45) is -1.34. The lowest BCUT2D eigenvalue weighted by atomic mass is 10.3. The number of carbonyl (C=O) groups is 1. The SMILES string of the molecule is O=C(NS(=O)(=O)Cl)Oc1c(Cl)cc(Cl)cc1Cl. The molecule has 0 spiro atoms. The number of amides is 1. The lowest BCUT2D eigenvalue weighted by Crippen LogP contribution is -2.29. The third kappa shape index (κ3) is 4.77. The van der Waals surface area contributed by atoms with Gasteiger partial charge in [-0.3, -0.25) is 0 Å². The summed E-state index contributed by atoms with van der Waals surface area (Å²) < 4.78 is 27.0. The van der Waals surface area contributed by atoms with E-state index in [0.717, 1.165) is 0 Å². The van der Waals surface area contributed by atoms with Crippen molar-refractivity contribution in [2.75, 3.05) is 0 Å². The van der Waals surface area contributed by atoms with Crippen molar-refractivity contribution in [2.24, 2.45) is 0 Å². The molecule has 0 radical (unpaired) electrons. The lowest BCUT2D eigenvalue weighted by Gasteiger charge is -2.08. The number of halogens is 4. The van der Waals surface area contributed by atoms with Crippen molar-refractivity contribution in [3.63, 3.8) is 0 Å². The van der Waals surface area contributed by atoms with Gasteiger partial charge in [0, 0.05) is 15.7 Å². The first-order valence-electron chi connectivity index (χ1n) is 3.78. The summed E-state index contributed by atoms with van der Waals surface area (Å²) in [4.78, 5) is 11.1. The molecular weight excluding hydrogens is 336 g/mol. The molecule has 0 bridgehead atoms. The highest BCUT2D eigenvalue weighted by atomic mass is 35.7. The molecule has 0 saturated heterocycles. The minimum absolute atomic E-state index is 0.0513. The Morgan fingerprint density at radius 3 is 2.06 bits per heavy atom. The fraction of sp³-hybridized carbons (Fsp3) is 0. The Morgan fingerprint density at radius 2 is 1.65 bits per heavy atom. The van der Waals surface area contributed by atoms with Crippen LogP contribution in [0.15, 0.2) is 12.1 Å². The van der Waals surface area contributed by atoms with Crippen LogP contribution in [-0.4, -0.2) is 14.5 Å². The molecule has 10 heteroatoms. The number of nitrogens with one attached hydrogen (secondary N) is 1. The number of rotatable bonds is 2. The van der Waals surface area contributed by atoms with Gasteiger partial charge in [0.2, 0.25) is 0 Å². The molecule has 94 valence electrons. The molecule has 1 rings (SSSR count). The zero-order valence-electron chi connectivity index (χ0n) is 7.71. The number of benzene rings is 1. The van der Waals surface area contributed by atoms with Gasteiger partial charge < -0.3 is 4.74 Å². The highest BCUT2D eigenvalue weighted by Crippen LogP contribution is 2.35. The molecule has 1 amide bonds. The number of ether oxygens (including phenoxy) is 1. The lowest BCUT2D eigenvalue weighted by molar-refractivity contribution is 0.207. The predicted octanol–water partition coefficient (Wildman–Crippen LogP) is 3.22. The number of carbonyl (C=O) groups excluding carboxylic acids is 1. The third-order valence-electron chi connectivity index (χ3n) is 1.36. The second-order valence-electron chi connectivity index (χ2n) is 2.63. The quantitative estimate of drug-likeness (QED) is 0.840. The van der Waals surface area contributed by atoms with Gasteiger partial charge in [0.25, 0.3) is 0 Å². The molecule has 0 aliphatic heterocycles. The molecule has 0 atom stereocenters. The zero-order chi connectivity index (χ0) is 13.2. The summed E-state index contributed by atoms with van der Waals surface area (Å²) in [7, 11) is 0.530. The summed E-state index contributed by atoms with van der Waals surface area (Å²) in [6, 6.07) is 2.54. The molecule has 1 N–H and O–H groups in total. The third-order valence-corrected chi connectivity index (χ3v) is 2.78. The van der Waals surface area contributed by atoms with E-state index in [-0.39, 0.29) is 20.8 Å². The Bertz CT molecular complexity index is 536. The van der Waals surface area contributed by atoms with E-state index >= 15 is 0 Å². The standard InChI is InChI=1S/C7H3Cl4NO4S/c8-3-1-4(9)6(5(10)2-3)16-7(13)12-17(11,14)15/h1-2H,(H,12,13). The Kier molecular flexibility index (Phi) is 4.74. The van der Waals surface area contributed by atoms with Gasteiger partial charge in [-0.15, -0.1) is 0 Å². The van der Waals surface area contributed by atoms with E-state index in [0.29, 0.717) is 0 Å². The van der Waals surface area contributed by atoms with Crippen LogP contribution in [0.3, 0.4) is 0 Å². The maximum atomic E-state index is 11.1. The number of hydrogen-bond acceptors (Lipinski definition) is 4. The summed E-state index contributed by atoms with van der Waals surface area (Å²) in [5, 5.41) is 0.131. The molecule has 1 aromatic rings. The Hall–Kier alpha value is -0.400. The second-order valence-corrected chi connectivity index (χ2v) is 6.18. The topological polar surface area (TPSA) is 72.5 Å². The summed E-state index contributed by atoms with van der Waals surface area (Å²) in [5.41, 5.74) is 0. The van der Waals surface area contributed by atoms with Gasteiger partial charge in [0.1, 0.15) is 0 Å². The Morgan fingerprint density at radius 1 is 1.18 bits per heavy atom. The first-order chi connectivity index (χ1) is 7.69. The first-order valence-corrected chi connectivity index (χ1v) is 7.22. The van der Waals surface area contributed by atoms with Crippen molar-refractivity contribution in [3.05, 3.63) is 27.2 Å².